The molecule has 0 radical (unpaired) electrons. The molecule has 0 aromatic carbocycles. The van der Waals surface area contributed by atoms with Crippen molar-refractivity contribution in [3.8, 4) is 0 Å². The minimum atomic E-state index is -4.01. The molecule has 2 N–H and O–H groups in total. The minimum absolute atomic E-state index is 0.164. The molecule has 114 valence electrons. The minimum Gasteiger partial charge on any atom is -0.329 e. The van der Waals surface area contributed by atoms with E-state index in [0.717, 1.165) is 6.07 Å². The fraction of sp³-hybridized carbons (Fsp3) is 0.615. The van der Waals surface area contributed by atoms with Crippen LogP contribution in [0.25, 0.3) is 0 Å². The van der Waals surface area contributed by atoms with Gasteiger partial charge in [-0.1, -0.05) is 13.8 Å². The zero-order valence-electron chi connectivity index (χ0n) is 12.1. The molecule has 0 saturated heterocycles. The van der Waals surface area contributed by atoms with Crippen molar-refractivity contribution in [2.75, 3.05) is 13.1 Å². The molecule has 1 aromatic heterocycles. The fourth-order valence-electron chi connectivity index (χ4n) is 1.97. The molecule has 0 saturated carbocycles. The Morgan fingerprint density at radius 2 is 2.10 bits per heavy atom. The number of aromatic nitrogens is 1. The molecule has 1 rings (SSSR count). The third kappa shape index (κ3) is 3.16. The van der Waals surface area contributed by atoms with Crippen LogP contribution in [-0.4, -0.2) is 36.3 Å². The predicted octanol–water partition coefficient (Wildman–Crippen LogP) is 1.75. The van der Waals surface area contributed by atoms with Crippen molar-refractivity contribution in [2.45, 2.75) is 44.2 Å². The van der Waals surface area contributed by atoms with E-state index in [1.165, 1.54) is 16.6 Å². The van der Waals surface area contributed by atoms with Crippen LogP contribution in [0.4, 0.5) is 4.39 Å². The molecule has 1 heterocycles. The van der Waals surface area contributed by atoms with E-state index in [9.17, 15) is 12.8 Å². The summed E-state index contributed by atoms with van der Waals surface area (Å²) in [5.41, 5.74) is 4.99. The van der Waals surface area contributed by atoms with Crippen LogP contribution in [0.3, 0.4) is 0 Å². The van der Waals surface area contributed by atoms with E-state index in [-0.39, 0.29) is 13.1 Å². The van der Waals surface area contributed by atoms with Crippen LogP contribution in [0.1, 0.15) is 33.6 Å². The summed E-state index contributed by atoms with van der Waals surface area (Å²) in [5.74, 6) is -0.843. The second-order valence-corrected chi connectivity index (χ2v) is 6.70. The van der Waals surface area contributed by atoms with Gasteiger partial charge in [-0.2, -0.15) is 4.31 Å². The van der Waals surface area contributed by atoms with Crippen molar-refractivity contribution in [1.82, 2.24) is 9.29 Å². The van der Waals surface area contributed by atoms with E-state index in [1.54, 1.807) is 6.92 Å². The molecule has 0 spiro atoms. The summed E-state index contributed by atoms with van der Waals surface area (Å²) >= 11 is 0. The van der Waals surface area contributed by atoms with Crippen LogP contribution in [0.15, 0.2) is 23.4 Å². The molecule has 1 unspecified atom stereocenters. The highest BCUT2D eigenvalue weighted by Gasteiger charge is 2.39. The summed E-state index contributed by atoms with van der Waals surface area (Å²) in [7, 11) is -4.01. The van der Waals surface area contributed by atoms with Gasteiger partial charge in [0.25, 0.3) is 10.0 Å². The molecule has 0 fully saturated rings. The van der Waals surface area contributed by atoms with Crippen LogP contribution in [0.5, 0.6) is 0 Å². The maximum absolute atomic E-state index is 13.8. The Hall–Kier alpha value is -1.05. The zero-order chi connectivity index (χ0) is 15.4. The van der Waals surface area contributed by atoms with Crippen molar-refractivity contribution < 1.29 is 12.8 Å². The van der Waals surface area contributed by atoms with Crippen molar-refractivity contribution in [1.29, 1.82) is 0 Å². The molecule has 0 aliphatic carbocycles. The molecule has 1 atom stereocenters. The maximum atomic E-state index is 13.8. The molecule has 0 aliphatic rings. The first-order valence-corrected chi connectivity index (χ1v) is 8.11. The van der Waals surface area contributed by atoms with Crippen LogP contribution >= 0.6 is 0 Å². The molecule has 0 bridgehead atoms. The highest BCUT2D eigenvalue weighted by molar-refractivity contribution is 7.89. The summed E-state index contributed by atoms with van der Waals surface area (Å²) in [6.07, 6.45) is 2.42. The van der Waals surface area contributed by atoms with Gasteiger partial charge in [0.15, 0.2) is 5.82 Å². The van der Waals surface area contributed by atoms with E-state index in [2.05, 4.69) is 4.98 Å². The Morgan fingerprint density at radius 1 is 1.45 bits per heavy atom. The predicted molar refractivity (Wildman–Crippen MR) is 76.1 cm³/mol. The third-order valence-electron chi connectivity index (χ3n) is 3.49. The van der Waals surface area contributed by atoms with Crippen LogP contribution in [-0.2, 0) is 10.0 Å². The second-order valence-electron chi connectivity index (χ2n) is 4.92. The number of sulfonamides is 1. The van der Waals surface area contributed by atoms with Crippen LogP contribution in [0.2, 0.25) is 0 Å². The molecule has 7 heteroatoms. The Kier molecular flexibility index (Phi) is 5.61. The summed E-state index contributed by atoms with van der Waals surface area (Å²) in [6, 6.07) is 2.45. The summed E-state index contributed by atoms with van der Waals surface area (Å²) in [4.78, 5) is 3.69. The first kappa shape index (κ1) is 17.0. The summed E-state index contributed by atoms with van der Waals surface area (Å²) in [5, 5.41) is -0.540. The molecule has 5 nitrogen and oxygen atoms in total. The lowest BCUT2D eigenvalue weighted by Gasteiger charge is -2.38. The van der Waals surface area contributed by atoms with E-state index in [1.807, 2.05) is 13.8 Å². The van der Waals surface area contributed by atoms with E-state index < -0.39 is 26.4 Å². The molecule has 0 amide bonds. The van der Waals surface area contributed by atoms with E-state index in [0.29, 0.717) is 12.8 Å². The SMILES string of the molecule is CCCN(C(C)(CC)CN)S(=O)(=O)c1ncccc1F. The second kappa shape index (κ2) is 6.60. The zero-order valence-corrected chi connectivity index (χ0v) is 13.0. The number of pyridine rings is 1. The molecule has 1 aromatic rings. The lowest BCUT2D eigenvalue weighted by atomic mass is 9.99. The van der Waals surface area contributed by atoms with E-state index >= 15 is 0 Å². The normalized spacial score (nSPS) is 15.3. The van der Waals surface area contributed by atoms with Crippen LogP contribution < -0.4 is 5.73 Å². The lowest BCUT2D eigenvalue weighted by molar-refractivity contribution is 0.205. The van der Waals surface area contributed by atoms with E-state index in [4.69, 9.17) is 5.73 Å². The van der Waals surface area contributed by atoms with Gasteiger partial charge in [0.2, 0.25) is 5.03 Å². The standard InChI is InChI=1S/C13H22FN3O2S/c1-4-9-17(13(3,5-2)10-15)20(18,19)12-11(14)7-6-8-16-12/h6-8H,4-5,9-10,15H2,1-3H3. The van der Waals surface area contributed by atoms with Gasteiger partial charge < -0.3 is 5.73 Å². The number of halogens is 1. The Labute approximate surface area is 120 Å². The monoisotopic (exact) mass is 303 g/mol. The smallest absolute Gasteiger partial charge is 0.264 e. The highest BCUT2D eigenvalue weighted by atomic mass is 32.2. The van der Waals surface area contributed by atoms with Gasteiger partial charge in [0.1, 0.15) is 0 Å². The first-order valence-electron chi connectivity index (χ1n) is 6.67. The maximum Gasteiger partial charge on any atom is 0.264 e. The Morgan fingerprint density at radius 3 is 2.55 bits per heavy atom. The number of hydrogen-bond donors (Lipinski definition) is 1. The topological polar surface area (TPSA) is 76.3 Å². The van der Waals surface area contributed by atoms with Gasteiger partial charge in [-0.3, -0.25) is 0 Å². The van der Waals surface area contributed by atoms with Crippen LogP contribution in [0, 0.1) is 5.82 Å². The quantitative estimate of drug-likeness (QED) is 0.832. The fourth-order valence-corrected chi connectivity index (χ4v) is 3.90. The van der Waals surface area contributed by atoms with Gasteiger partial charge in [-0.15, -0.1) is 0 Å². The third-order valence-corrected chi connectivity index (χ3v) is 5.48. The number of nitrogens with two attached hydrogens (primary N) is 1. The number of hydrogen-bond acceptors (Lipinski definition) is 4. The van der Waals surface area contributed by atoms with Gasteiger partial charge in [-0.05, 0) is 31.9 Å². The molecule has 0 aliphatic heterocycles. The Balaban J connectivity index is 3.37. The molecular formula is C13H22FN3O2S. The Bertz CT molecular complexity index is 544. The van der Waals surface area contributed by atoms with Gasteiger partial charge >= 0.3 is 0 Å². The van der Waals surface area contributed by atoms with Gasteiger partial charge in [0.05, 0.1) is 0 Å². The average molecular weight is 303 g/mol. The molecule has 20 heavy (non-hydrogen) atoms. The summed E-state index contributed by atoms with van der Waals surface area (Å²) in [6.45, 7) is 5.93. The largest absolute Gasteiger partial charge is 0.329 e. The van der Waals surface area contributed by atoms with Crippen molar-refractivity contribution in [3.05, 3.63) is 24.1 Å². The van der Waals surface area contributed by atoms with Crippen molar-refractivity contribution >= 4 is 10.0 Å². The van der Waals surface area contributed by atoms with Crippen molar-refractivity contribution in [3.63, 3.8) is 0 Å². The first-order chi connectivity index (χ1) is 9.33. The summed E-state index contributed by atoms with van der Waals surface area (Å²) < 4.78 is 40.4. The number of rotatable bonds is 7. The van der Waals surface area contributed by atoms with Crippen molar-refractivity contribution in [2.24, 2.45) is 5.73 Å². The van der Waals surface area contributed by atoms with Gasteiger partial charge in [-0.25, -0.2) is 17.8 Å². The highest BCUT2D eigenvalue weighted by Crippen LogP contribution is 2.27. The lowest BCUT2D eigenvalue weighted by Crippen LogP contribution is -2.54. The number of nitrogens with zero attached hydrogens (tertiary/aromatic N) is 2. The van der Waals surface area contributed by atoms with Gasteiger partial charge in [0, 0.05) is 24.8 Å². The average Bonchev–Trinajstić information content (AvgIpc) is 2.44. The molecular weight excluding hydrogens is 281 g/mol.